The minimum Gasteiger partial charge on any atom is -0.351 e. The largest absolute Gasteiger partial charge is 0.351 e. The van der Waals surface area contributed by atoms with Gasteiger partial charge < -0.3 is 15.2 Å². The van der Waals surface area contributed by atoms with Crippen LogP contribution >= 0.6 is 0 Å². The molecule has 140 valence electrons. The fourth-order valence-electron chi connectivity index (χ4n) is 3.60. The van der Waals surface area contributed by atoms with Gasteiger partial charge in [0.25, 0.3) is 5.91 Å². The summed E-state index contributed by atoms with van der Waals surface area (Å²) >= 11 is 0. The van der Waals surface area contributed by atoms with E-state index in [4.69, 9.17) is 0 Å². The summed E-state index contributed by atoms with van der Waals surface area (Å²) in [6, 6.07) is 9.70. The monoisotopic (exact) mass is 363 g/mol. The van der Waals surface area contributed by atoms with Crippen molar-refractivity contribution < 1.29 is 4.79 Å². The molecule has 3 heterocycles. The van der Waals surface area contributed by atoms with Crippen LogP contribution in [0.2, 0.25) is 0 Å². The molecule has 0 bridgehead atoms. The first-order valence-corrected chi connectivity index (χ1v) is 9.62. The summed E-state index contributed by atoms with van der Waals surface area (Å²) < 4.78 is 0. The molecule has 4 rings (SSSR count). The Kier molecular flexibility index (Phi) is 5.16. The number of amides is 1. The molecule has 1 saturated heterocycles. The number of rotatable bonds is 5. The van der Waals surface area contributed by atoms with Crippen LogP contribution in [0.3, 0.4) is 0 Å². The van der Waals surface area contributed by atoms with Crippen molar-refractivity contribution in [3.05, 3.63) is 47.9 Å². The molecule has 1 fully saturated rings. The van der Waals surface area contributed by atoms with Gasteiger partial charge in [0, 0.05) is 30.4 Å². The van der Waals surface area contributed by atoms with Crippen molar-refractivity contribution in [2.75, 3.05) is 26.2 Å². The average Bonchev–Trinajstić information content (AvgIpc) is 3.08. The quantitative estimate of drug-likeness (QED) is 0.730. The summed E-state index contributed by atoms with van der Waals surface area (Å²) in [4.78, 5) is 26.7. The van der Waals surface area contributed by atoms with E-state index in [-0.39, 0.29) is 5.91 Å². The smallest absolute Gasteiger partial charge is 0.251 e. The van der Waals surface area contributed by atoms with E-state index in [1.165, 1.54) is 19.3 Å². The normalized spacial score (nSPS) is 15.1. The van der Waals surface area contributed by atoms with Gasteiger partial charge in [-0.3, -0.25) is 4.79 Å². The molecule has 6 nitrogen and oxygen atoms in total. The number of hydrogen-bond acceptors (Lipinski definition) is 4. The lowest BCUT2D eigenvalue weighted by Gasteiger charge is -2.26. The number of carbonyl (C=O) groups is 1. The number of aromatic amines is 1. The summed E-state index contributed by atoms with van der Waals surface area (Å²) in [5.74, 6) is 0.836. The van der Waals surface area contributed by atoms with Gasteiger partial charge >= 0.3 is 0 Å². The second-order valence-corrected chi connectivity index (χ2v) is 7.15. The fourth-order valence-corrected chi connectivity index (χ4v) is 3.60. The Morgan fingerprint density at radius 1 is 1.15 bits per heavy atom. The maximum Gasteiger partial charge on any atom is 0.251 e. The van der Waals surface area contributed by atoms with Crippen LogP contribution < -0.4 is 5.32 Å². The van der Waals surface area contributed by atoms with E-state index < -0.39 is 0 Å². The first-order valence-electron chi connectivity index (χ1n) is 9.62. The third-order valence-electron chi connectivity index (χ3n) is 5.10. The lowest BCUT2D eigenvalue weighted by atomic mass is 10.1. The van der Waals surface area contributed by atoms with Gasteiger partial charge in [-0.25, -0.2) is 9.97 Å². The third-order valence-corrected chi connectivity index (χ3v) is 5.10. The van der Waals surface area contributed by atoms with Crippen LogP contribution in [-0.4, -0.2) is 51.9 Å². The third kappa shape index (κ3) is 4.17. The molecule has 1 aromatic carbocycles. The first kappa shape index (κ1) is 17.7. The zero-order valence-corrected chi connectivity index (χ0v) is 15.7. The zero-order valence-electron chi connectivity index (χ0n) is 15.7. The minimum atomic E-state index is -0.0173. The van der Waals surface area contributed by atoms with Crippen molar-refractivity contribution >= 4 is 17.1 Å². The summed E-state index contributed by atoms with van der Waals surface area (Å²) in [6.45, 7) is 5.84. The Balaban J connectivity index is 1.37. The van der Waals surface area contributed by atoms with Crippen LogP contribution in [0.4, 0.5) is 0 Å². The number of hydrogen-bond donors (Lipinski definition) is 2. The number of nitrogens with one attached hydrogen (secondary N) is 2. The van der Waals surface area contributed by atoms with Crippen LogP contribution in [-0.2, 0) is 0 Å². The van der Waals surface area contributed by atoms with Crippen LogP contribution in [0.25, 0.3) is 22.3 Å². The maximum atomic E-state index is 12.4. The van der Waals surface area contributed by atoms with E-state index in [0.29, 0.717) is 12.1 Å². The first-order chi connectivity index (χ1) is 13.2. The molecule has 0 radical (unpaired) electrons. The van der Waals surface area contributed by atoms with Crippen LogP contribution in [0, 0.1) is 6.92 Å². The Morgan fingerprint density at radius 2 is 1.93 bits per heavy atom. The molecule has 1 amide bonds. The fraction of sp³-hybridized carbons (Fsp3) is 0.381. The minimum absolute atomic E-state index is 0.0173. The van der Waals surface area contributed by atoms with E-state index in [0.717, 1.165) is 47.7 Å². The molecule has 0 atom stereocenters. The van der Waals surface area contributed by atoms with Crippen molar-refractivity contribution in [1.82, 2.24) is 25.2 Å². The van der Waals surface area contributed by atoms with Crippen molar-refractivity contribution in [3.63, 3.8) is 0 Å². The van der Waals surface area contributed by atoms with E-state index in [2.05, 4.69) is 25.2 Å². The number of aryl methyl sites for hydroxylation is 1. The molecule has 2 aromatic heterocycles. The lowest BCUT2D eigenvalue weighted by molar-refractivity contribution is 0.0946. The van der Waals surface area contributed by atoms with Gasteiger partial charge in [0.15, 0.2) is 5.65 Å². The zero-order chi connectivity index (χ0) is 18.6. The summed E-state index contributed by atoms with van der Waals surface area (Å²) in [5.41, 5.74) is 4.36. The number of aromatic nitrogens is 3. The van der Waals surface area contributed by atoms with Gasteiger partial charge in [-0.15, -0.1) is 0 Å². The number of H-pyrrole nitrogens is 1. The van der Waals surface area contributed by atoms with Gasteiger partial charge in [0.1, 0.15) is 5.82 Å². The molecule has 0 unspecified atom stereocenters. The molecule has 0 saturated carbocycles. The SMILES string of the molecule is Cc1nc2ncc(-c3ccc(C(=O)NCCN4CCCCC4)cc3)cc2[nH]1. The molecule has 3 aromatic rings. The number of nitrogens with zero attached hydrogens (tertiary/aromatic N) is 3. The Hall–Kier alpha value is -2.73. The number of imidazole rings is 1. The molecule has 1 aliphatic heterocycles. The molecule has 0 spiro atoms. The highest BCUT2D eigenvalue weighted by molar-refractivity contribution is 5.94. The van der Waals surface area contributed by atoms with Crippen LogP contribution in [0.1, 0.15) is 35.4 Å². The highest BCUT2D eigenvalue weighted by Crippen LogP contribution is 2.22. The molecular formula is C21H25N5O. The predicted molar refractivity (Wildman–Crippen MR) is 107 cm³/mol. The number of fused-ring (bicyclic) bond motifs is 1. The van der Waals surface area contributed by atoms with Crippen molar-refractivity contribution in [1.29, 1.82) is 0 Å². The van der Waals surface area contributed by atoms with Crippen molar-refractivity contribution in [2.45, 2.75) is 26.2 Å². The molecule has 27 heavy (non-hydrogen) atoms. The summed E-state index contributed by atoms with van der Waals surface area (Å²) in [5, 5.41) is 3.03. The number of carbonyl (C=O) groups excluding carboxylic acids is 1. The van der Waals surface area contributed by atoms with Crippen molar-refractivity contribution in [2.24, 2.45) is 0 Å². The highest BCUT2D eigenvalue weighted by atomic mass is 16.1. The van der Waals surface area contributed by atoms with Gasteiger partial charge in [-0.1, -0.05) is 18.6 Å². The number of likely N-dealkylation sites (tertiary alicyclic amines) is 1. The van der Waals surface area contributed by atoms with Gasteiger partial charge in [0.05, 0.1) is 5.52 Å². The maximum absolute atomic E-state index is 12.4. The molecule has 0 aliphatic carbocycles. The van der Waals surface area contributed by atoms with E-state index in [9.17, 15) is 4.79 Å². The Labute approximate surface area is 159 Å². The topological polar surface area (TPSA) is 73.9 Å². The Bertz CT molecular complexity index is 925. The van der Waals surface area contributed by atoms with Crippen LogP contribution in [0.5, 0.6) is 0 Å². The second-order valence-electron chi connectivity index (χ2n) is 7.15. The molecule has 2 N–H and O–H groups in total. The van der Waals surface area contributed by atoms with Gasteiger partial charge in [-0.05, 0) is 56.6 Å². The van der Waals surface area contributed by atoms with E-state index in [1.54, 1.807) is 0 Å². The van der Waals surface area contributed by atoms with Gasteiger partial charge in [-0.2, -0.15) is 0 Å². The van der Waals surface area contributed by atoms with E-state index in [1.807, 2.05) is 43.5 Å². The number of pyridine rings is 1. The van der Waals surface area contributed by atoms with Crippen molar-refractivity contribution in [3.8, 4) is 11.1 Å². The molecular weight excluding hydrogens is 338 g/mol. The lowest BCUT2D eigenvalue weighted by Crippen LogP contribution is -2.37. The summed E-state index contributed by atoms with van der Waals surface area (Å²) in [7, 11) is 0. The standard InChI is InChI=1S/C21H25N5O/c1-15-24-19-13-18(14-23-20(19)25-15)16-5-7-17(8-6-16)21(27)22-9-12-26-10-3-2-4-11-26/h5-8,13-14H,2-4,9-12H2,1H3,(H,22,27)(H,23,24,25). The second kappa shape index (κ2) is 7.88. The Morgan fingerprint density at radius 3 is 2.70 bits per heavy atom. The summed E-state index contributed by atoms with van der Waals surface area (Å²) in [6.07, 6.45) is 5.69. The highest BCUT2D eigenvalue weighted by Gasteiger charge is 2.11. The number of benzene rings is 1. The van der Waals surface area contributed by atoms with Crippen LogP contribution in [0.15, 0.2) is 36.5 Å². The predicted octanol–water partition coefficient (Wildman–Crippen LogP) is 3.15. The molecule has 1 aliphatic rings. The molecule has 6 heteroatoms. The average molecular weight is 363 g/mol. The van der Waals surface area contributed by atoms with Gasteiger partial charge in [0.2, 0.25) is 0 Å². The number of piperidine rings is 1. The van der Waals surface area contributed by atoms with E-state index >= 15 is 0 Å².